The van der Waals surface area contributed by atoms with Crippen LogP contribution in [0.25, 0.3) is 0 Å². The van der Waals surface area contributed by atoms with Gasteiger partial charge in [-0.3, -0.25) is 9.62 Å². The number of anilines is 1. The number of rotatable bonds is 11. The molecule has 1 saturated carbocycles. The first-order chi connectivity index (χ1) is 19.1. The minimum atomic E-state index is -3.30. The number of hydrogen-bond donors (Lipinski definition) is 2. The van der Waals surface area contributed by atoms with Gasteiger partial charge in [0.1, 0.15) is 11.5 Å². The molecule has 9 heteroatoms. The Hall–Kier alpha value is -2.78. The molecule has 8 nitrogen and oxygen atoms in total. The average Bonchev–Trinajstić information content (AvgIpc) is 2.92. The van der Waals surface area contributed by atoms with Crippen molar-refractivity contribution in [3.8, 4) is 11.5 Å². The van der Waals surface area contributed by atoms with Gasteiger partial charge in [-0.2, -0.15) is 0 Å². The van der Waals surface area contributed by atoms with Crippen LogP contribution in [-0.2, 0) is 16.6 Å². The number of ether oxygens (including phenoxy) is 1. The third-order valence-electron chi connectivity index (χ3n) is 8.20. The molecule has 0 bridgehead atoms. The van der Waals surface area contributed by atoms with Gasteiger partial charge >= 0.3 is 6.03 Å². The van der Waals surface area contributed by atoms with E-state index in [4.69, 9.17) is 4.74 Å². The van der Waals surface area contributed by atoms with Crippen molar-refractivity contribution in [1.82, 2.24) is 15.1 Å². The number of hydrogen-bond acceptors (Lipinski definition) is 5. The summed E-state index contributed by atoms with van der Waals surface area (Å²) in [6.07, 6.45) is 11.2. The molecule has 0 radical (unpaired) electrons. The minimum Gasteiger partial charge on any atom is -0.457 e. The number of carbonyl (C=O) groups excluding carboxylic acids is 1. The Morgan fingerprint density at radius 2 is 1.60 bits per heavy atom. The highest BCUT2D eigenvalue weighted by Crippen LogP contribution is 2.34. The number of urea groups is 1. The van der Waals surface area contributed by atoms with Crippen molar-refractivity contribution < 1.29 is 17.9 Å². The molecule has 0 atom stereocenters. The van der Waals surface area contributed by atoms with Gasteiger partial charge in [-0.1, -0.05) is 44.7 Å². The summed E-state index contributed by atoms with van der Waals surface area (Å²) in [5, 5.41) is 3.39. The molecule has 2 aliphatic rings. The fraction of sp³-hybridized carbons (Fsp3) is 0.581. The van der Waals surface area contributed by atoms with Gasteiger partial charge in [0.15, 0.2) is 0 Å². The Morgan fingerprint density at radius 3 is 2.17 bits per heavy atom. The SMILES string of the molecule is CCCCN(C(=O)NC1CCN(Cc2ccc(Oc3ccc(NS(C)(=O)=O)cc3)cc2)CC1)C1(C)CCCCC1. The second-order valence-electron chi connectivity index (χ2n) is 11.7. The molecule has 0 unspecified atom stereocenters. The van der Waals surface area contributed by atoms with Crippen LogP contribution in [0, 0.1) is 0 Å². The molecule has 1 heterocycles. The number of likely N-dealkylation sites (tertiary alicyclic amines) is 1. The van der Waals surface area contributed by atoms with Gasteiger partial charge in [-0.05, 0) is 81.0 Å². The Balaban J connectivity index is 1.23. The fourth-order valence-corrected chi connectivity index (χ4v) is 6.43. The first-order valence-corrected chi connectivity index (χ1v) is 16.7. The number of nitrogens with zero attached hydrogens (tertiary/aromatic N) is 2. The monoisotopic (exact) mass is 570 g/mol. The van der Waals surface area contributed by atoms with Crippen LogP contribution < -0.4 is 14.8 Å². The van der Waals surface area contributed by atoms with Gasteiger partial charge < -0.3 is 15.0 Å². The highest BCUT2D eigenvalue weighted by atomic mass is 32.2. The zero-order valence-corrected chi connectivity index (χ0v) is 25.1. The van der Waals surface area contributed by atoms with Crippen LogP contribution in [0.1, 0.15) is 77.2 Å². The van der Waals surface area contributed by atoms with Crippen LogP contribution >= 0.6 is 0 Å². The normalized spacial score (nSPS) is 18.2. The average molecular weight is 571 g/mol. The van der Waals surface area contributed by atoms with E-state index in [1.54, 1.807) is 24.3 Å². The van der Waals surface area contributed by atoms with Gasteiger partial charge in [-0.15, -0.1) is 0 Å². The molecule has 0 aromatic heterocycles. The van der Waals surface area contributed by atoms with Crippen LogP contribution in [0.5, 0.6) is 11.5 Å². The Morgan fingerprint density at radius 1 is 1.00 bits per heavy atom. The number of sulfonamides is 1. The quantitative estimate of drug-likeness (QED) is 0.329. The number of amides is 2. The van der Waals surface area contributed by atoms with Gasteiger partial charge in [-0.25, -0.2) is 13.2 Å². The van der Waals surface area contributed by atoms with Crippen molar-refractivity contribution in [3.05, 3.63) is 54.1 Å². The first kappa shape index (κ1) is 30.2. The van der Waals surface area contributed by atoms with Crippen LogP contribution in [0.4, 0.5) is 10.5 Å². The zero-order chi connectivity index (χ0) is 28.6. The molecular formula is C31H46N4O4S. The molecule has 2 N–H and O–H groups in total. The molecule has 1 aliphatic carbocycles. The van der Waals surface area contributed by atoms with Gasteiger partial charge in [0.25, 0.3) is 0 Å². The number of unbranched alkanes of at least 4 members (excludes halogenated alkanes) is 1. The molecule has 2 amide bonds. The number of benzene rings is 2. The molecule has 4 rings (SSSR count). The Labute approximate surface area is 240 Å². The minimum absolute atomic E-state index is 0.00696. The van der Waals surface area contributed by atoms with E-state index in [0.717, 1.165) is 76.7 Å². The maximum atomic E-state index is 13.4. The van der Waals surface area contributed by atoms with Crippen LogP contribution in [0.2, 0.25) is 0 Å². The standard InChI is InChI=1S/C31H46N4O4S/c1-4-5-21-35(31(2)19-7-6-8-20-31)30(36)32-26-17-22-34(23-18-26)24-25-9-13-28(14-10-25)39-29-15-11-27(12-16-29)33-40(3,37)38/h9-16,26,33H,4-8,17-24H2,1-3H3,(H,32,36). The summed E-state index contributed by atoms with van der Waals surface area (Å²) in [6.45, 7) is 8.12. The molecule has 1 aliphatic heterocycles. The van der Waals surface area contributed by atoms with Crippen LogP contribution in [0.3, 0.4) is 0 Å². The van der Waals surface area contributed by atoms with Gasteiger partial charge in [0.05, 0.1) is 6.26 Å². The number of piperidine rings is 1. The maximum Gasteiger partial charge on any atom is 0.318 e. The lowest BCUT2D eigenvalue weighted by atomic mass is 9.82. The summed E-state index contributed by atoms with van der Waals surface area (Å²) in [4.78, 5) is 18.0. The summed E-state index contributed by atoms with van der Waals surface area (Å²) in [5.41, 5.74) is 1.71. The predicted molar refractivity (Wildman–Crippen MR) is 161 cm³/mol. The zero-order valence-electron chi connectivity index (χ0n) is 24.3. The smallest absolute Gasteiger partial charge is 0.318 e. The number of carbonyl (C=O) groups is 1. The van der Waals surface area contributed by atoms with Crippen molar-refractivity contribution in [2.24, 2.45) is 0 Å². The second-order valence-corrected chi connectivity index (χ2v) is 13.5. The first-order valence-electron chi connectivity index (χ1n) is 14.8. The molecule has 2 fully saturated rings. The van der Waals surface area contributed by atoms with E-state index in [1.165, 1.54) is 24.8 Å². The lowest BCUT2D eigenvalue weighted by molar-refractivity contribution is 0.0854. The third kappa shape index (κ3) is 8.86. The molecule has 40 heavy (non-hydrogen) atoms. The summed E-state index contributed by atoms with van der Waals surface area (Å²) in [5.74, 6) is 1.37. The Kier molecular flexibility index (Phi) is 10.4. The molecule has 1 saturated heterocycles. The van der Waals surface area contributed by atoms with Crippen molar-refractivity contribution in [2.45, 2.75) is 89.8 Å². The van der Waals surface area contributed by atoms with Gasteiger partial charge in [0, 0.05) is 43.4 Å². The summed E-state index contributed by atoms with van der Waals surface area (Å²) >= 11 is 0. The molecule has 2 aromatic rings. The van der Waals surface area contributed by atoms with Crippen molar-refractivity contribution in [3.63, 3.8) is 0 Å². The van der Waals surface area contributed by atoms with Crippen molar-refractivity contribution in [2.75, 3.05) is 30.6 Å². The van der Waals surface area contributed by atoms with E-state index in [9.17, 15) is 13.2 Å². The van der Waals surface area contributed by atoms with E-state index in [2.05, 4.69) is 45.8 Å². The fourth-order valence-electron chi connectivity index (χ4n) is 5.87. The topological polar surface area (TPSA) is 91.0 Å². The summed E-state index contributed by atoms with van der Waals surface area (Å²) in [7, 11) is -3.30. The largest absolute Gasteiger partial charge is 0.457 e. The molecule has 2 aromatic carbocycles. The van der Waals surface area contributed by atoms with E-state index in [0.29, 0.717) is 11.4 Å². The number of nitrogens with one attached hydrogen (secondary N) is 2. The highest BCUT2D eigenvalue weighted by molar-refractivity contribution is 7.92. The summed E-state index contributed by atoms with van der Waals surface area (Å²) in [6, 6.07) is 15.3. The van der Waals surface area contributed by atoms with Crippen molar-refractivity contribution >= 4 is 21.7 Å². The highest BCUT2D eigenvalue weighted by Gasteiger charge is 2.37. The van der Waals surface area contributed by atoms with Crippen LogP contribution in [-0.4, -0.2) is 61.7 Å². The van der Waals surface area contributed by atoms with Crippen LogP contribution in [0.15, 0.2) is 48.5 Å². The van der Waals surface area contributed by atoms with E-state index < -0.39 is 10.0 Å². The lowest BCUT2D eigenvalue weighted by Gasteiger charge is -2.45. The van der Waals surface area contributed by atoms with E-state index in [-0.39, 0.29) is 17.6 Å². The predicted octanol–water partition coefficient (Wildman–Crippen LogP) is 6.35. The molecular weight excluding hydrogens is 524 g/mol. The van der Waals surface area contributed by atoms with E-state index >= 15 is 0 Å². The molecule has 220 valence electrons. The Bertz CT molecular complexity index is 1190. The molecule has 0 spiro atoms. The summed E-state index contributed by atoms with van der Waals surface area (Å²) < 4.78 is 31.1. The lowest BCUT2D eigenvalue weighted by Crippen LogP contribution is -2.57. The maximum absolute atomic E-state index is 13.4. The van der Waals surface area contributed by atoms with Gasteiger partial charge in [0.2, 0.25) is 10.0 Å². The van der Waals surface area contributed by atoms with E-state index in [1.807, 2.05) is 12.1 Å². The third-order valence-corrected chi connectivity index (χ3v) is 8.81. The van der Waals surface area contributed by atoms with Crippen molar-refractivity contribution in [1.29, 1.82) is 0 Å². The second kappa shape index (κ2) is 13.7.